The summed E-state index contributed by atoms with van der Waals surface area (Å²) < 4.78 is 38.9. The molecule has 2 aliphatic carbocycles. The highest BCUT2D eigenvalue weighted by Gasteiger charge is 2.47. The maximum Gasteiger partial charge on any atom is 0.391 e. The highest BCUT2D eigenvalue weighted by atomic mass is 19.4. The number of ether oxygens (including phenoxy) is 1. The number of halogens is 3. The number of alkyl halides is 3. The van der Waals surface area contributed by atoms with Gasteiger partial charge in [0.2, 0.25) is 17.6 Å². The summed E-state index contributed by atoms with van der Waals surface area (Å²) >= 11 is 0. The van der Waals surface area contributed by atoms with Gasteiger partial charge in [0.1, 0.15) is 25.2 Å². The molecule has 1 aliphatic heterocycles. The van der Waals surface area contributed by atoms with Gasteiger partial charge in [-0.25, -0.2) is 4.79 Å². The van der Waals surface area contributed by atoms with Crippen LogP contribution < -0.4 is 21.7 Å². The molecule has 3 fully saturated rings. The van der Waals surface area contributed by atoms with Crippen molar-refractivity contribution in [3.05, 3.63) is 35.9 Å². The predicted octanol–water partition coefficient (Wildman–Crippen LogP) is 3.37. The number of hydrogen-bond acceptors (Lipinski definition) is 7. The van der Waals surface area contributed by atoms with Crippen LogP contribution in [0.4, 0.5) is 18.0 Å². The number of Topliss-reactive ketones (excluding diaryl/α,β-unsaturated/α-hetero) is 1. The Hall–Kier alpha value is -4.17. The van der Waals surface area contributed by atoms with Gasteiger partial charge in [-0.3, -0.25) is 24.0 Å². The number of hydrogen-bond donors (Lipinski definition) is 4. The zero-order valence-electron chi connectivity index (χ0n) is 28.4. The molecule has 3 unspecified atom stereocenters. The molecule has 1 heterocycles. The van der Waals surface area contributed by atoms with E-state index in [9.17, 15) is 41.9 Å². The summed E-state index contributed by atoms with van der Waals surface area (Å²) in [6, 6.07) is 5.43. The molecule has 3 aliphatic rings. The number of ketones is 1. The van der Waals surface area contributed by atoms with Crippen molar-refractivity contribution in [1.29, 1.82) is 0 Å². The van der Waals surface area contributed by atoms with Crippen molar-refractivity contribution in [2.24, 2.45) is 28.9 Å². The van der Waals surface area contributed by atoms with Gasteiger partial charge < -0.3 is 31.3 Å². The smallest absolute Gasteiger partial charge is 0.391 e. The van der Waals surface area contributed by atoms with Crippen LogP contribution in [0.5, 0.6) is 0 Å². The second kappa shape index (κ2) is 17.0. The number of nitrogens with zero attached hydrogens (tertiary/aromatic N) is 1. The average Bonchev–Trinajstić information content (AvgIpc) is 3.98. The minimum atomic E-state index is -3.89. The van der Waals surface area contributed by atoms with Gasteiger partial charge in [-0.05, 0) is 48.5 Å². The van der Waals surface area contributed by atoms with Crippen LogP contribution >= 0.6 is 0 Å². The number of urea groups is 1. The fourth-order valence-electron chi connectivity index (χ4n) is 5.42. The van der Waals surface area contributed by atoms with Crippen molar-refractivity contribution in [3.63, 3.8) is 0 Å². The summed E-state index contributed by atoms with van der Waals surface area (Å²) in [6.07, 6.45) is 0.0640. The molecule has 0 bridgehead atoms. The molecule has 1 aromatic carbocycles. The van der Waals surface area contributed by atoms with Crippen LogP contribution in [0.15, 0.2) is 30.3 Å². The first kappa shape index (κ1) is 39.3. The Bertz CT molecular complexity index is 1340. The number of carbonyl (C=O) groups excluding carboxylic acids is 6. The van der Waals surface area contributed by atoms with Gasteiger partial charge in [0.05, 0.1) is 12.0 Å². The molecule has 4 rings (SSSR count). The van der Waals surface area contributed by atoms with E-state index in [2.05, 4.69) is 16.0 Å². The first-order chi connectivity index (χ1) is 22.9. The minimum absolute atomic E-state index is 0.0345. The van der Waals surface area contributed by atoms with Crippen molar-refractivity contribution in [3.8, 4) is 0 Å². The molecule has 49 heavy (non-hydrogen) atoms. The van der Waals surface area contributed by atoms with Crippen LogP contribution in [0.25, 0.3) is 0 Å². The Balaban J connectivity index is 0.000000823. The summed E-state index contributed by atoms with van der Waals surface area (Å²) in [5.74, 6) is -4.27. The number of benzene rings is 1. The molecule has 1 saturated heterocycles. The summed E-state index contributed by atoms with van der Waals surface area (Å²) in [5.41, 5.74) is 5.28. The number of amides is 5. The second-order valence-electron chi connectivity index (χ2n) is 14.1. The summed E-state index contributed by atoms with van der Waals surface area (Å²) in [6.45, 7) is 7.27. The molecule has 5 amide bonds. The van der Waals surface area contributed by atoms with Gasteiger partial charge in [0.25, 0.3) is 5.91 Å². The Morgan fingerprint density at radius 1 is 0.959 bits per heavy atom. The number of esters is 1. The van der Waals surface area contributed by atoms with Crippen LogP contribution in [0.3, 0.4) is 0 Å². The number of carbonyl (C=O) groups is 6. The SMILES string of the molecule is CC[C@@H]1CC(C(=O)NC(CC2CC2)C(=O)C(N)=O)N(C(=O)C(NC(=O)NCC(=O)OCc2ccccc2)C(C)(C)C)C1.FC(F)(F)C1CC1. The van der Waals surface area contributed by atoms with E-state index < -0.39 is 77.7 Å². The quantitative estimate of drug-likeness (QED) is 0.181. The van der Waals surface area contributed by atoms with Crippen LogP contribution in [0.1, 0.15) is 78.2 Å². The molecule has 15 heteroatoms. The third kappa shape index (κ3) is 12.7. The lowest BCUT2D eigenvalue weighted by molar-refractivity contribution is -0.147. The van der Waals surface area contributed by atoms with Gasteiger partial charge in [-0.1, -0.05) is 77.3 Å². The molecule has 12 nitrogen and oxygen atoms in total. The molecular weight excluding hydrogens is 647 g/mol. The Morgan fingerprint density at radius 3 is 2.08 bits per heavy atom. The minimum Gasteiger partial charge on any atom is -0.460 e. The van der Waals surface area contributed by atoms with E-state index in [0.29, 0.717) is 32.2 Å². The van der Waals surface area contributed by atoms with E-state index in [1.165, 1.54) is 4.90 Å². The molecule has 1 aromatic rings. The molecule has 2 saturated carbocycles. The fourth-order valence-corrected chi connectivity index (χ4v) is 5.42. The monoisotopic (exact) mass is 695 g/mol. The largest absolute Gasteiger partial charge is 0.460 e. The van der Waals surface area contributed by atoms with Gasteiger partial charge in [0, 0.05) is 6.54 Å². The van der Waals surface area contributed by atoms with E-state index in [-0.39, 0.29) is 18.4 Å². The van der Waals surface area contributed by atoms with Crippen molar-refractivity contribution >= 4 is 35.5 Å². The Morgan fingerprint density at radius 2 is 1.59 bits per heavy atom. The van der Waals surface area contributed by atoms with Crippen LogP contribution in [-0.2, 0) is 35.3 Å². The second-order valence-corrected chi connectivity index (χ2v) is 14.1. The third-order valence-corrected chi connectivity index (χ3v) is 8.76. The molecule has 0 radical (unpaired) electrons. The summed E-state index contributed by atoms with van der Waals surface area (Å²) in [5, 5.41) is 7.79. The number of rotatable bonds is 13. The molecule has 272 valence electrons. The maximum atomic E-state index is 13.9. The molecule has 0 spiro atoms. The van der Waals surface area contributed by atoms with E-state index in [0.717, 1.165) is 24.8 Å². The lowest BCUT2D eigenvalue weighted by atomic mass is 9.85. The highest BCUT2D eigenvalue weighted by Crippen LogP contribution is 2.43. The lowest BCUT2D eigenvalue weighted by Crippen LogP contribution is -2.60. The molecule has 5 N–H and O–H groups in total. The maximum absolute atomic E-state index is 13.9. The Labute approximate surface area is 284 Å². The average molecular weight is 696 g/mol. The predicted molar refractivity (Wildman–Crippen MR) is 172 cm³/mol. The fraction of sp³-hybridized carbons (Fsp3) is 0.647. The summed E-state index contributed by atoms with van der Waals surface area (Å²) in [7, 11) is 0. The van der Waals surface area contributed by atoms with Crippen molar-refractivity contribution < 1.29 is 46.7 Å². The van der Waals surface area contributed by atoms with Crippen LogP contribution in [0, 0.1) is 23.2 Å². The van der Waals surface area contributed by atoms with Gasteiger partial charge in [-0.15, -0.1) is 0 Å². The number of nitrogens with one attached hydrogen (secondary N) is 3. The van der Waals surface area contributed by atoms with Crippen LogP contribution in [0.2, 0.25) is 0 Å². The zero-order chi connectivity index (χ0) is 36.5. The van der Waals surface area contributed by atoms with Gasteiger partial charge in [-0.2, -0.15) is 13.2 Å². The first-order valence-corrected chi connectivity index (χ1v) is 16.7. The zero-order valence-corrected chi connectivity index (χ0v) is 28.4. The van der Waals surface area contributed by atoms with E-state index >= 15 is 0 Å². The van der Waals surface area contributed by atoms with Gasteiger partial charge in [0.15, 0.2) is 0 Å². The van der Waals surface area contributed by atoms with Crippen molar-refractivity contribution in [2.45, 2.75) is 104 Å². The summed E-state index contributed by atoms with van der Waals surface area (Å²) in [4.78, 5) is 77.7. The van der Waals surface area contributed by atoms with E-state index in [4.69, 9.17) is 10.5 Å². The first-order valence-electron chi connectivity index (χ1n) is 16.7. The molecular formula is C34H48F3N5O7. The normalized spacial score (nSPS) is 20.2. The van der Waals surface area contributed by atoms with Crippen molar-refractivity contribution in [2.75, 3.05) is 13.1 Å². The molecule has 0 aromatic heterocycles. The number of nitrogens with two attached hydrogens (primary N) is 1. The van der Waals surface area contributed by atoms with Crippen molar-refractivity contribution in [1.82, 2.24) is 20.9 Å². The van der Waals surface area contributed by atoms with Gasteiger partial charge >= 0.3 is 18.2 Å². The topological polar surface area (TPSA) is 177 Å². The lowest BCUT2D eigenvalue weighted by Gasteiger charge is -2.35. The van der Waals surface area contributed by atoms with Crippen LogP contribution in [-0.4, -0.2) is 77.8 Å². The highest BCUT2D eigenvalue weighted by molar-refractivity contribution is 6.37. The number of likely N-dealkylation sites (tertiary alicyclic amines) is 1. The Kier molecular flexibility index (Phi) is 13.6. The molecule has 4 atom stereocenters. The third-order valence-electron chi connectivity index (χ3n) is 8.76. The standard InChI is InChI=1S/C30H43N5O7.C4H5F3/c1-5-18-14-22(27(39)33-21(13-19-11-12-19)24(37)26(31)38)35(16-18)28(40)25(30(2,3)4)34-29(41)32-15-23(36)42-17-20-9-7-6-8-10-20;5-4(6,7)3-1-2-3/h6-10,18-19,21-22,25H,5,11-17H2,1-4H3,(H2,31,38)(H,33,39)(H2,32,34,41);3H,1-2H2/t18-,21?,22?,25?;/m1./s1. The number of primary amides is 1. The van der Waals surface area contributed by atoms with E-state index in [1.807, 2.05) is 37.3 Å². The van der Waals surface area contributed by atoms with E-state index in [1.54, 1.807) is 20.8 Å².